The van der Waals surface area contributed by atoms with Crippen LogP contribution in [0.25, 0.3) is 0 Å². The smallest absolute Gasteiger partial charge is 0.254 e. The number of rotatable bonds is 6. The summed E-state index contributed by atoms with van der Waals surface area (Å²) in [6, 6.07) is 16.6. The number of nitrogens with zero attached hydrogens (tertiary/aromatic N) is 1. The highest BCUT2D eigenvalue weighted by Crippen LogP contribution is 2.22. The monoisotopic (exact) mass is 375 g/mol. The molecule has 1 heterocycles. The van der Waals surface area contributed by atoms with Crippen LogP contribution in [0.4, 0.5) is 0 Å². The zero-order valence-electron chi connectivity index (χ0n) is 14.6. The van der Waals surface area contributed by atoms with Gasteiger partial charge >= 0.3 is 0 Å². The number of benzene rings is 2. The van der Waals surface area contributed by atoms with Gasteiger partial charge in [0.1, 0.15) is 25.0 Å². The predicted molar refractivity (Wildman–Crippen MR) is 101 cm³/mol. The summed E-state index contributed by atoms with van der Waals surface area (Å²) >= 11 is 6.05. The Morgan fingerprint density at radius 3 is 2.46 bits per heavy atom. The van der Waals surface area contributed by atoms with Crippen LogP contribution in [0, 0.1) is 0 Å². The second-order valence-electron chi connectivity index (χ2n) is 6.51. The van der Waals surface area contributed by atoms with Crippen LogP contribution in [0.2, 0.25) is 5.02 Å². The van der Waals surface area contributed by atoms with Crippen molar-refractivity contribution in [3.63, 3.8) is 0 Å². The maximum Gasteiger partial charge on any atom is 0.254 e. The third-order valence-corrected chi connectivity index (χ3v) is 4.88. The van der Waals surface area contributed by atoms with Gasteiger partial charge in [0, 0.05) is 5.56 Å². The van der Waals surface area contributed by atoms with E-state index in [0.29, 0.717) is 30.4 Å². The number of ether oxygens (including phenoxy) is 1. The van der Waals surface area contributed by atoms with Crippen LogP contribution in [0.15, 0.2) is 54.6 Å². The van der Waals surface area contributed by atoms with Gasteiger partial charge in [-0.2, -0.15) is 0 Å². The lowest BCUT2D eigenvalue weighted by Gasteiger charge is -2.33. The average Bonchev–Trinajstić information content (AvgIpc) is 2.68. The number of quaternary nitrogens is 1. The summed E-state index contributed by atoms with van der Waals surface area (Å²) in [5.41, 5.74) is 0.726. The summed E-state index contributed by atoms with van der Waals surface area (Å²) < 4.78 is 5.60. The van der Waals surface area contributed by atoms with Gasteiger partial charge < -0.3 is 19.6 Å². The highest BCUT2D eigenvalue weighted by molar-refractivity contribution is 6.32. The first-order valence-electron chi connectivity index (χ1n) is 8.87. The molecular formula is C20H24ClN2O3+. The van der Waals surface area contributed by atoms with Crippen LogP contribution in [0.3, 0.4) is 0 Å². The van der Waals surface area contributed by atoms with Crippen molar-refractivity contribution in [2.75, 3.05) is 39.3 Å². The molecule has 1 atom stereocenters. The predicted octanol–water partition coefficient (Wildman–Crippen LogP) is 1.12. The molecule has 0 spiro atoms. The van der Waals surface area contributed by atoms with Crippen LogP contribution in [-0.4, -0.2) is 61.3 Å². The highest BCUT2D eigenvalue weighted by atomic mass is 35.5. The summed E-state index contributed by atoms with van der Waals surface area (Å²) in [4.78, 5) is 15.6. The lowest BCUT2D eigenvalue weighted by Crippen LogP contribution is -3.16. The van der Waals surface area contributed by atoms with E-state index in [1.54, 1.807) is 12.1 Å². The van der Waals surface area contributed by atoms with Gasteiger partial charge in [0.25, 0.3) is 5.91 Å². The third-order valence-electron chi connectivity index (χ3n) is 4.57. The van der Waals surface area contributed by atoms with Gasteiger partial charge in [-0.15, -0.1) is 0 Å². The van der Waals surface area contributed by atoms with E-state index in [1.165, 1.54) is 4.90 Å². The molecule has 0 unspecified atom stereocenters. The molecule has 1 amide bonds. The summed E-state index contributed by atoms with van der Waals surface area (Å²) in [5, 5.41) is 10.8. The molecule has 2 aromatic rings. The Labute approximate surface area is 158 Å². The molecule has 1 aliphatic rings. The lowest BCUT2D eigenvalue weighted by molar-refractivity contribution is -0.907. The minimum Gasteiger partial charge on any atom is -0.489 e. The number of halogens is 1. The van der Waals surface area contributed by atoms with Crippen LogP contribution < -0.4 is 9.64 Å². The van der Waals surface area contributed by atoms with Crippen LogP contribution in [-0.2, 0) is 0 Å². The lowest BCUT2D eigenvalue weighted by atomic mass is 10.2. The number of aliphatic hydroxyl groups excluding tert-OH is 1. The second-order valence-corrected chi connectivity index (χ2v) is 6.91. The molecule has 0 saturated carbocycles. The van der Waals surface area contributed by atoms with E-state index in [2.05, 4.69) is 0 Å². The van der Waals surface area contributed by atoms with E-state index in [0.717, 1.165) is 18.7 Å². The van der Waals surface area contributed by atoms with Gasteiger partial charge in [-0.25, -0.2) is 0 Å². The first kappa shape index (κ1) is 18.7. The van der Waals surface area contributed by atoms with Crippen LogP contribution in [0.5, 0.6) is 5.75 Å². The van der Waals surface area contributed by atoms with Crippen molar-refractivity contribution in [3.05, 3.63) is 65.2 Å². The molecule has 5 nitrogen and oxygen atoms in total. The topological polar surface area (TPSA) is 54.2 Å². The summed E-state index contributed by atoms with van der Waals surface area (Å²) in [6.45, 7) is 3.84. The number of para-hydroxylation sites is 1. The van der Waals surface area contributed by atoms with Gasteiger partial charge in [0.05, 0.1) is 31.2 Å². The molecule has 1 saturated heterocycles. The molecule has 3 rings (SSSR count). The Balaban J connectivity index is 1.42. The Kier molecular flexibility index (Phi) is 6.50. The van der Waals surface area contributed by atoms with E-state index < -0.39 is 6.10 Å². The van der Waals surface area contributed by atoms with E-state index in [4.69, 9.17) is 16.3 Å². The normalized spacial score (nSPS) is 16.3. The Morgan fingerprint density at radius 1 is 1.12 bits per heavy atom. The zero-order valence-corrected chi connectivity index (χ0v) is 15.4. The standard InChI is InChI=1S/C20H23ClN2O3/c21-18-8-4-5-9-19(18)26-15-17(24)14-22-10-12-23(13-11-22)20(25)16-6-2-1-3-7-16/h1-9,17,24H,10-15H2/p+1/t17-/m1/s1. The Morgan fingerprint density at radius 2 is 1.77 bits per heavy atom. The molecule has 2 N–H and O–H groups in total. The fourth-order valence-electron chi connectivity index (χ4n) is 3.13. The average molecular weight is 376 g/mol. The van der Waals surface area contributed by atoms with Crippen LogP contribution in [0.1, 0.15) is 10.4 Å². The number of hydrogen-bond acceptors (Lipinski definition) is 3. The minimum atomic E-state index is -0.572. The van der Waals surface area contributed by atoms with E-state index in [1.807, 2.05) is 47.4 Å². The number of hydrogen-bond donors (Lipinski definition) is 2. The molecule has 0 aromatic heterocycles. The highest BCUT2D eigenvalue weighted by Gasteiger charge is 2.26. The van der Waals surface area contributed by atoms with Gasteiger partial charge in [-0.3, -0.25) is 4.79 Å². The van der Waals surface area contributed by atoms with E-state index >= 15 is 0 Å². The fraction of sp³-hybridized carbons (Fsp3) is 0.350. The molecule has 1 fully saturated rings. The molecule has 138 valence electrons. The van der Waals surface area contributed by atoms with Gasteiger partial charge in [0.15, 0.2) is 0 Å². The minimum absolute atomic E-state index is 0.0762. The molecular weight excluding hydrogens is 352 g/mol. The maximum absolute atomic E-state index is 12.5. The van der Waals surface area contributed by atoms with Crippen molar-refractivity contribution in [1.29, 1.82) is 0 Å². The first-order chi connectivity index (χ1) is 12.6. The molecule has 1 aliphatic heterocycles. The Hall–Kier alpha value is -2.08. The Bertz CT molecular complexity index is 718. The third kappa shape index (κ3) is 4.97. The van der Waals surface area contributed by atoms with Gasteiger partial charge in [-0.05, 0) is 24.3 Å². The van der Waals surface area contributed by atoms with Crippen molar-refractivity contribution >= 4 is 17.5 Å². The molecule has 0 radical (unpaired) electrons. The van der Waals surface area contributed by atoms with Crippen molar-refractivity contribution in [2.24, 2.45) is 0 Å². The van der Waals surface area contributed by atoms with Crippen molar-refractivity contribution in [3.8, 4) is 5.75 Å². The van der Waals surface area contributed by atoms with E-state index in [9.17, 15) is 9.90 Å². The SMILES string of the molecule is O=C(c1ccccc1)N1CC[NH+](C[C@@H](O)COc2ccccc2Cl)CC1. The molecule has 2 aromatic carbocycles. The number of carbonyl (C=O) groups excluding carboxylic acids is 1. The van der Waals surface area contributed by atoms with Crippen LogP contribution >= 0.6 is 11.6 Å². The first-order valence-corrected chi connectivity index (χ1v) is 9.24. The molecule has 26 heavy (non-hydrogen) atoms. The molecule has 6 heteroatoms. The molecule has 0 aliphatic carbocycles. The largest absolute Gasteiger partial charge is 0.489 e. The number of nitrogens with one attached hydrogen (secondary N) is 1. The molecule has 0 bridgehead atoms. The zero-order chi connectivity index (χ0) is 18.4. The van der Waals surface area contributed by atoms with Gasteiger partial charge in [0.2, 0.25) is 0 Å². The number of carbonyl (C=O) groups is 1. The van der Waals surface area contributed by atoms with Gasteiger partial charge in [-0.1, -0.05) is 41.9 Å². The number of amides is 1. The quantitative estimate of drug-likeness (QED) is 0.795. The van der Waals surface area contributed by atoms with Crippen molar-refractivity contribution in [1.82, 2.24) is 4.90 Å². The number of aliphatic hydroxyl groups is 1. The van der Waals surface area contributed by atoms with Crippen molar-refractivity contribution < 1.29 is 19.5 Å². The summed E-state index contributed by atoms with van der Waals surface area (Å²) in [7, 11) is 0. The second kappa shape index (κ2) is 9.03. The summed E-state index contributed by atoms with van der Waals surface area (Å²) in [5.74, 6) is 0.661. The maximum atomic E-state index is 12.5. The summed E-state index contributed by atoms with van der Waals surface area (Å²) in [6.07, 6.45) is -0.572. The van der Waals surface area contributed by atoms with Crippen molar-refractivity contribution in [2.45, 2.75) is 6.10 Å². The van der Waals surface area contributed by atoms with E-state index in [-0.39, 0.29) is 12.5 Å². The fourth-order valence-corrected chi connectivity index (χ4v) is 3.32. The number of piperazine rings is 1.